The molecule has 0 saturated carbocycles. The van der Waals surface area contributed by atoms with Crippen LogP contribution in [0.15, 0.2) is 78.9 Å². The molecule has 7 heteroatoms. The highest BCUT2D eigenvalue weighted by atomic mass is 19.1. The predicted octanol–water partition coefficient (Wildman–Crippen LogP) is 4.97. The van der Waals surface area contributed by atoms with E-state index in [9.17, 15) is 18.7 Å². The number of hydrogen-bond donors (Lipinski definition) is 1. The molecule has 0 aromatic heterocycles. The molecule has 5 nitrogen and oxygen atoms in total. The van der Waals surface area contributed by atoms with Crippen molar-refractivity contribution in [2.45, 2.75) is 37.1 Å². The van der Waals surface area contributed by atoms with Crippen molar-refractivity contribution in [1.82, 2.24) is 9.80 Å². The number of amides is 1. The van der Waals surface area contributed by atoms with E-state index in [2.05, 4.69) is 9.80 Å². The number of rotatable bonds is 8. The van der Waals surface area contributed by atoms with Crippen LogP contribution in [0.25, 0.3) is 0 Å². The van der Waals surface area contributed by atoms with Crippen LogP contribution in [0, 0.1) is 11.6 Å². The van der Waals surface area contributed by atoms with E-state index in [1.807, 2.05) is 54.6 Å². The zero-order chi connectivity index (χ0) is 25.8. The molecule has 0 aliphatic carbocycles. The van der Waals surface area contributed by atoms with Crippen LogP contribution in [0.3, 0.4) is 0 Å². The van der Waals surface area contributed by atoms with Crippen molar-refractivity contribution < 1.29 is 18.7 Å². The lowest BCUT2D eigenvalue weighted by molar-refractivity contribution is -0.136. The van der Waals surface area contributed by atoms with E-state index >= 15 is 0 Å². The second kappa shape index (κ2) is 11.0. The second-order valence-electron chi connectivity index (χ2n) is 10.1. The minimum Gasteiger partial charge on any atom is -0.376 e. The van der Waals surface area contributed by atoms with Crippen LogP contribution in [0.5, 0.6) is 0 Å². The van der Waals surface area contributed by atoms with E-state index in [0.29, 0.717) is 19.5 Å². The molecule has 3 aromatic carbocycles. The number of likely N-dealkylation sites (tertiary alicyclic amines) is 1. The lowest BCUT2D eigenvalue weighted by Gasteiger charge is -2.43. The first-order valence-corrected chi connectivity index (χ1v) is 13.0. The van der Waals surface area contributed by atoms with E-state index in [1.165, 1.54) is 29.2 Å². The van der Waals surface area contributed by atoms with Crippen LogP contribution in [0.2, 0.25) is 0 Å². The number of para-hydroxylation sites is 1. The molecule has 1 N–H and O–H groups in total. The molecule has 1 spiro atoms. The maximum atomic E-state index is 13.5. The number of aliphatic hydroxyl groups is 1. The van der Waals surface area contributed by atoms with Crippen molar-refractivity contribution in [3.63, 3.8) is 0 Å². The van der Waals surface area contributed by atoms with Gasteiger partial charge in [0.2, 0.25) is 0 Å². The summed E-state index contributed by atoms with van der Waals surface area (Å²) in [7, 11) is 0. The summed E-state index contributed by atoms with van der Waals surface area (Å²) in [6, 6.07) is 23.1. The van der Waals surface area contributed by atoms with Crippen LogP contribution in [-0.2, 0) is 4.79 Å². The summed E-state index contributed by atoms with van der Waals surface area (Å²) < 4.78 is 27.1. The van der Waals surface area contributed by atoms with E-state index in [4.69, 9.17) is 0 Å². The Morgan fingerprint density at radius 1 is 0.838 bits per heavy atom. The van der Waals surface area contributed by atoms with Gasteiger partial charge in [-0.15, -0.1) is 0 Å². The average Bonchev–Trinajstić information content (AvgIpc) is 3.20. The number of aliphatic hydroxyl groups excluding tert-OH is 1. The number of halogens is 2. The van der Waals surface area contributed by atoms with Crippen molar-refractivity contribution >= 4 is 11.6 Å². The highest BCUT2D eigenvalue weighted by Gasteiger charge is 2.53. The van der Waals surface area contributed by atoms with Gasteiger partial charge in [0.1, 0.15) is 23.9 Å². The Bertz CT molecular complexity index is 1130. The molecule has 37 heavy (non-hydrogen) atoms. The van der Waals surface area contributed by atoms with E-state index in [0.717, 1.165) is 49.3 Å². The van der Waals surface area contributed by atoms with Crippen molar-refractivity contribution in [3.8, 4) is 0 Å². The Morgan fingerprint density at radius 2 is 1.41 bits per heavy atom. The molecule has 194 valence electrons. The molecule has 0 radical (unpaired) electrons. The van der Waals surface area contributed by atoms with E-state index < -0.39 is 5.54 Å². The first-order valence-electron chi connectivity index (χ1n) is 13.0. The third-order valence-electron chi connectivity index (χ3n) is 7.95. The second-order valence-corrected chi connectivity index (χ2v) is 10.1. The third-order valence-corrected chi connectivity index (χ3v) is 7.95. The Balaban J connectivity index is 1.24. The van der Waals surface area contributed by atoms with Crippen molar-refractivity contribution in [2.24, 2.45) is 0 Å². The standard InChI is InChI=1S/C30H33F2N3O2/c31-25-12-8-23(9-13-25)28(24-10-14-26(32)15-11-24)7-4-18-33-19-16-30(17-20-33)29(37)34(22-36)21-35(30)27-5-2-1-3-6-27/h1-3,5-6,8-15,28,36H,4,7,16-22H2. The molecule has 0 bridgehead atoms. The molecule has 2 saturated heterocycles. The maximum absolute atomic E-state index is 13.5. The van der Waals surface area contributed by atoms with Gasteiger partial charge in [-0.05, 0) is 79.8 Å². The van der Waals surface area contributed by atoms with Crippen molar-refractivity contribution in [1.29, 1.82) is 0 Å². The normalized spacial score (nSPS) is 17.8. The summed E-state index contributed by atoms with van der Waals surface area (Å²) in [5.41, 5.74) is 2.42. The highest BCUT2D eigenvalue weighted by molar-refractivity contribution is 5.93. The summed E-state index contributed by atoms with van der Waals surface area (Å²) in [5, 5.41) is 9.78. The first-order chi connectivity index (χ1) is 18.0. The van der Waals surface area contributed by atoms with Gasteiger partial charge in [-0.1, -0.05) is 42.5 Å². The summed E-state index contributed by atoms with van der Waals surface area (Å²) in [4.78, 5) is 19.4. The van der Waals surface area contributed by atoms with Crippen LogP contribution in [0.4, 0.5) is 14.5 Å². The minimum atomic E-state index is -0.620. The monoisotopic (exact) mass is 505 g/mol. The summed E-state index contributed by atoms with van der Waals surface area (Å²) in [5.74, 6) is -0.476. The molecular formula is C30H33F2N3O2. The number of hydrogen-bond acceptors (Lipinski definition) is 4. The van der Waals surface area contributed by atoms with Crippen LogP contribution >= 0.6 is 0 Å². The van der Waals surface area contributed by atoms with Gasteiger partial charge in [0.25, 0.3) is 5.91 Å². The first kappa shape index (κ1) is 25.4. The number of piperidine rings is 1. The fourth-order valence-electron chi connectivity index (χ4n) is 5.89. The van der Waals surface area contributed by atoms with Gasteiger partial charge in [-0.2, -0.15) is 0 Å². The molecule has 2 aliphatic heterocycles. The SMILES string of the molecule is O=C1N(CO)CN(c2ccccc2)C12CCN(CCCC(c1ccc(F)cc1)c1ccc(F)cc1)CC2. The van der Waals surface area contributed by atoms with Gasteiger partial charge in [-0.25, -0.2) is 8.78 Å². The van der Waals surface area contributed by atoms with E-state index in [1.54, 1.807) is 0 Å². The summed E-state index contributed by atoms with van der Waals surface area (Å²) >= 11 is 0. The zero-order valence-corrected chi connectivity index (χ0v) is 20.9. The van der Waals surface area contributed by atoms with Gasteiger partial charge in [0.15, 0.2) is 0 Å². The largest absolute Gasteiger partial charge is 0.376 e. The Labute approximate surface area is 216 Å². The maximum Gasteiger partial charge on any atom is 0.251 e. The minimum absolute atomic E-state index is 0.00573. The smallest absolute Gasteiger partial charge is 0.251 e. The topological polar surface area (TPSA) is 47.0 Å². The lowest BCUT2D eigenvalue weighted by Crippen LogP contribution is -2.56. The van der Waals surface area contributed by atoms with Crippen LogP contribution in [0.1, 0.15) is 42.7 Å². The highest BCUT2D eigenvalue weighted by Crippen LogP contribution is 2.39. The van der Waals surface area contributed by atoms with Crippen molar-refractivity contribution in [2.75, 3.05) is 37.9 Å². The molecule has 2 heterocycles. The number of benzene rings is 3. The van der Waals surface area contributed by atoms with E-state index in [-0.39, 0.29) is 30.2 Å². The van der Waals surface area contributed by atoms with Crippen molar-refractivity contribution in [3.05, 3.63) is 102 Å². The fraction of sp³-hybridized carbons (Fsp3) is 0.367. The van der Waals surface area contributed by atoms with Crippen LogP contribution < -0.4 is 4.90 Å². The summed E-state index contributed by atoms with van der Waals surface area (Å²) in [6.07, 6.45) is 3.19. The lowest BCUT2D eigenvalue weighted by atomic mass is 9.84. The molecule has 2 fully saturated rings. The zero-order valence-electron chi connectivity index (χ0n) is 20.9. The number of carbonyl (C=O) groups is 1. The van der Waals surface area contributed by atoms with Gasteiger partial charge in [0, 0.05) is 24.7 Å². The van der Waals surface area contributed by atoms with Gasteiger partial charge in [-0.3, -0.25) is 9.69 Å². The van der Waals surface area contributed by atoms with Gasteiger partial charge in [0.05, 0.1) is 6.67 Å². The quantitative estimate of drug-likeness (QED) is 0.470. The Morgan fingerprint density at radius 3 is 1.95 bits per heavy atom. The van der Waals surface area contributed by atoms with Gasteiger partial charge >= 0.3 is 0 Å². The molecule has 3 aromatic rings. The Kier molecular flexibility index (Phi) is 7.53. The van der Waals surface area contributed by atoms with Gasteiger partial charge < -0.3 is 14.9 Å². The molecule has 0 unspecified atom stereocenters. The fourth-order valence-corrected chi connectivity index (χ4v) is 5.89. The predicted molar refractivity (Wildman–Crippen MR) is 140 cm³/mol. The summed E-state index contributed by atoms with van der Waals surface area (Å²) in [6.45, 7) is 2.61. The van der Waals surface area contributed by atoms with Crippen LogP contribution in [-0.4, -0.2) is 59.4 Å². The number of anilines is 1. The molecule has 0 atom stereocenters. The molecule has 1 amide bonds. The average molecular weight is 506 g/mol. The third kappa shape index (κ3) is 5.24. The molecular weight excluding hydrogens is 472 g/mol. The molecule has 5 rings (SSSR count). The Hall–Kier alpha value is -3.29. The molecule has 2 aliphatic rings. The number of carbonyl (C=O) groups excluding carboxylic acids is 1. The number of nitrogens with zero attached hydrogens (tertiary/aromatic N) is 3.